The molecule has 2 amide bonds. The van der Waals surface area contributed by atoms with Gasteiger partial charge in [0, 0.05) is 63.0 Å². The highest BCUT2D eigenvalue weighted by Gasteiger charge is 2.36. The number of alkyl halides is 3. The van der Waals surface area contributed by atoms with Crippen LogP contribution in [-0.2, 0) is 4.74 Å². The van der Waals surface area contributed by atoms with Crippen molar-refractivity contribution < 1.29 is 27.8 Å². The van der Waals surface area contributed by atoms with Gasteiger partial charge < -0.3 is 29.9 Å². The number of morpholine rings is 1. The lowest BCUT2D eigenvalue weighted by atomic mass is 10.0. The summed E-state index contributed by atoms with van der Waals surface area (Å²) in [6.45, 7) is 5.90. The Morgan fingerprint density at radius 3 is 2.57 bits per heavy atom. The molecule has 3 aliphatic heterocycles. The fourth-order valence-corrected chi connectivity index (χ4v) is 4.96. The summed E-state index contributed by atoms with van der Waals surface area (Å²) in [6, 6.07) is 6.99. The first kappa shape index (κ1) is 25.5. The molecule has 0 bridgehead atoms. The van der Waals surface area contributed by atoms with Crippen molar-refractivity contribution in [3.05, 3.63) is 29.8 Å². The second-order valence-corrected chi connectivity index (χ2v) is 9.95. The number of β-amino-alcohol motifs (C(OH)–C–C–N with tert-alkyl or cyclic N) is 1. The van der Waals surface area contributed by atoms with Gasteiger partial charge in [0.2, 0.25) is 5.95 Å². The van der Waals surface area contributed by atoms with Crippen molar-refractivity contribution in [3.8, 4) is 11.3 Å². The van der Waals surface area contributed by atoms with E-state index in [1.54, 1.807) is 6.07 Å². The van der Waals surface area contributed by atoms with E-state index >= 15 is 0 Å². The highest BCUT2D eigenvalue weighted by Crippen LogP contribution is 2.33. The van der Waals surface area contributed by atoms with Gasteiger partial charge in [-0.15, -0.1) is 0 Å². The van der Waals surface area contributed by atoms with Gasteiger partial charge in [-0.05, 0) is 37.0 Å². The van der Waals surface area contributed by atoms with Crippen LogP contribution in [-0.4, -0.2) is 90.8 Å². The van der Waals surface area contributed by atoms with Gasteiger partial charge in [-0.25, -0.2) is 9.78 Å². The zero-order valence-corrected chi connectivity index (χ0v) is 20.7. The molecule has 5 rings (SSSR count). The number of hydrogen-bond donors (Lipinski definition) is 2. The van der Waals surface area contributed by atoms with Crippen LogP contribution in [0.25, 0.3) is 11.3 Å². The van der Waals surface area contributed by atoms with Crippen LogP contribution in [0.5, 0.6) is 0 Å². The summed E-state index contributed by atoms with van der Waals surface area (Å²) >= 11 is 0. The summed E-state index contributed by atoms with van der Waals surface area (Å²) in [5, 5.41) is 12.6. The Bertz CT molecular complexity index is 1140. The number of nitrogens with zero attached hydrogens (tertiary/aromatic N) is 5. The molecular formula is C25H31F3N6O3. The molecule has 0 radical (unpaired) electrons. The molecule has 1 unspecified atom stereocenters. The third-order valence-electron chi connectivity index (χ3n) is 7.04. The van der Waals surface area contributed by atoms with Crippen LogP contribution < -0.4 is 15.1 Å². The van der Waals surface area contributed by atoms with Crippen molar-refractivity contribution in [3.63, 3.8) is 0 Å². The number of rotatable bonds is 5. The average Bonchev–Trinajstić information content (AvgIpc) is 3.30. The number of aryl methyl sites for hydroxylation is 1. The van der Waals surface area contributed by atoms with Gasteiger partial charge >= 0.3 is 12.2 Å². The number of anilines is 3. The zero-order valence-electron chi connectivity index (χ0n) is 20.7. The van der Waals surface area contributed by atoms with Crippen LogP contribution in [0, 0.1) is 12.8 Å². The number of nitrogens with one attached hydrogen (secondary N) is 1. The Morgan fingerprint density at radius 1 is 1.11 bits per heavy atom. The topological polar surface area (TPSA) is 94.1 Å². The first-order chi connectivity index (χ1) is 17.6. The standard InChI is InChI=1S/C25H31F3N6O3/c1-16-2-3-18(29-24(36)33-5-4-17(13-33)12-25(26,27)28)10-20(16)21-11-22(32-6-8-37-9-7-32)31-23(30-21)34-14-19(35)15-34/h2-3,10-11,17,19,35H,4-9,12-15H2,1H3,(H,29,36). The summed E-state index contributed by atoms with van der Waals surface area (Å²) in [7, 11) is 0. The zero-order chi connectivity index (χ0) is 26.2. The van der Waals surface area contributed by atoms with Crippen molar-refractivity contribution in [1.82, 2.24) is 14.9 Å². The van der Waals surface area contributed by atoms with Gasteiger partial charge in [-0.3, -0.25) is 0 Å². The molecule has 1 atom stereocenters. The van der Waals surface area contributed by atoms with E-state index in [0.717, 1.165) is 16.9 Å². The first-order valence-electron chi connectivity index (χ1n) is 12.5. The molecule has 3 aliphatic rings. The largest absolute Gasteiger partial charge is 0.389 e. The number of carbonyl (C=O) groups excluding carboxylic acids is 1. The molecule has 3 fully saturated rings. The number of aliphatic hydroxyl groups excluding tert-OH is 1. The second-order valence-electron chi connectivity index (χ2n) is 9.95. The van der Waals surface area contributed by atoms with Crippen molar-refractivity contribution >= 4 is 23.5 Å². The number of carbonyl (C=O) groups is 1. The van der Waals surface area contributed by atoms with Crippen molar-refractivity contribution in [2.75, 3.05) is 67.6 Å². The third-order valence-corrected chi connectivity index (χ3v) is 7.04. The van der Waals surface area contributed by atoms with Gasteiger partial charge in [0.1, 0.15) is 5.82 Å². The monoisotopic (exact) mass is 520 g/mol. The van der Waals surface area contributed by atoms with E-state index in [1.807, 2.05) is 30.0 Å². The maximum absolute atomic E-state index is 12.8. The SMILES string of the molecule is Cc1ccc(NC(=O)N2CCC(CC(F)(F)F)C2)cc1-c1cc(N2CCOCC2)nc(N2CC(O)C2)n1. The maximum Gasteiger partial charge on any atom is 0.389 e. The molecule has 37 heavy (non-hydrogen) atoms. The molecular weight excluding hydrogens is 489 g/mol. The lowest BCUT2D eigenvalue weighted by Gasteiger charge is -2.37. The first-order valence-corrected chi connectivity index (χ1v) is 12.5. The van der Waals surface area contributed by atoms with Crippen LogP contribution in [0.15, 0.2) is 24.3 Å². The van der Waals surface area contributed by atoms with Gasteiger partial charge in [-0.2, -0.15) is 18.2 Å². The predicted molar refractivity (Wildman–Crippen MR) is 133 cm³/mol. The molecule has 12 heteroatoms. The Labute approximate surface area is 213 Å². The van der Waals surface area contributed by atoms with E-state index in [9.17, 15) is 23.1 Å². The number of benzene rings is 1. The number of urea groups is 1. The lowest BCUT2D eigenvalue weighted by molar-refractivity contribution is -0.143. The number of likely N-dealkylation sites (tertiary alicyclic amines) is 1. The quantitative estimate of drug-likeness (QED) is 0.625. The summed E-state index contributed by atoms with van der Waals surface area (Å²) in [6.07, 6.45) is -5.17. The minimum Gasteiger partial charge on any atom is -0.389 e. The number of halogens is 3. The summed E-state index contributed by atoms with van der Waals surface area (Å²) in [5.41, 5.74) is 2.99. The molecule has 2 N–H and O–H groups in total. The van der Waals surface area contributed by atoms with Gasteiger partial charge in [0.05, 0.1) is 25.0 Å². The van der Waals surface area contributed by atoms with E-state index in [4.69, 9.17) is 14.7 Å². The van der Waals surface area contributed by atoms with Crippen LogP contribution in [0.2, 0.25) is 0 Å². The van der Waals surface area contributed by atoms with E-state index in [0.29, 0.717) is 69.7 Å². The lowest BCUT2D eigenvalue weighted by Crippen LogP contribution is -2.51. The molecule has 1 aromatic heterocycles. The smallest absolute Gasteiger partial charge is 0.389 e. The third kappa shape index (κ3) is 6.07. The van der Waals surface area contributed by atoms with Gasteiger partial charge in [0.25, 0.3) is 0 Å². The maximum atomic E-state index is 12.8. The Balaban J connectivity index is 1.36. The second kappa shape index (κ2) is 10.3. The van der Waals surface area contributed by atoms with Crippen molar-refractivity contribution in [2.24, 2.45) is 5.92 Å². The summed E-state index contributed by atoms with van der Waals surface area (Å²) in [5.74, 6) is 0.731. The average molecular weight is 521 g/mol. The van der Waals surface area contributed by atoms with Crippen LogP contribution in [0.3, 0.4) is 0 Å². The summed E-state index contributed by atoms with van der Waals surface area (Å²) in [4.78, 5) is 27.8. The molecule has 4 heterocycles. The fraction of sp³-hybridized carbons (Fsp3) is 0.560. The van der Waals surface area contributed by atoms with E-state index < -0.39 is 30.7 Å². The highest BCUT2D eigenvalue weighted by atomic mass is 19.4. The Morgan fingerprint density at radius 2 is 1.86 bits per heavy atom. The number of aromatic nitrogens is 2. The molecule has 0 saturated carbocycles. The van der Waals surface area contributed by atoms with E-state index in [2.05, 4.69) is 10.2 Å². The number of amides is 2. The van der Waals surface area contributed by atoms with Crippen molar-refractivity contribution in [2.45, 2.75) is 32.0 Å². The van der Waals surface area contributed by atoms with Crippen LogP contribution >= 0.6 is 0 Å². The Kier molecular flexibility index (Phi) is 7.13. The van der Waals surface area contributed by atoms with E-state index in [1.165, 1.54) is 4.90 Å². The minimum absolute atomic E-state index is 0.0872. The van der Waals surface area contributed by atoms with E-state index in [-0.39, 0.29) is 6.54 Å². The minimum atomic E-state index is -4.23. The molecule has 200 valence electrons. The van der Waals surface area contributed by atoms with Crippen LogP contribution in [0.4, 0.5) is 35.4 Å². The molecule has 0 spiro atoms. The molecule has 3 saturated heterocycles. The van der Waals surface area contributed by atoms with Gasteiger partial charge in [0.15, 0.2) is 0 Å². The molecule has 2 aromatic rings. The predicted octanol–water partition coefficient (Wildman–Crippen LogP) is 3.28. The number of hydrogen-bond acceptors (Lipinski definition) is 7. The molecule has 1 aromatic carbocycles. The highest BCUT2D eigenvalue weighted by molar-refractivity contribution is 5.90. The van der Waals surface area contributed by atoms with Crippen molar-refractivity contribution in [1.29, 1.82) is 0 Å². The normalized spacial score (nSPS) is 20.8. The fourth-order valence-electron chi connectivity index (χ4n) is 4.96. The van der Waals surface area contributed by atoms with Gasteiger partial charge in [-0.1, -0.05) is 6.07 Å². The number of aliphatic hydroxyl groups is 1. The molecule has 0 aliphatic carbocycles. The molecule has 9 nitrogen and oxygen atoms in total. The summed E-state index contributed by atoms with van der Waals surface area (Å²) < 4.78 is 43.7. The number of ether oxygens (including phenoxy) is 1. The Hall–Kier alpha value is -3.12. The van der Waals surface area contributed by atoms with Crippen LogP contribution in [0.1, 0.15) is 18.4 Å².